The smallest absolute Gasteiger partial charge is 0.350 e. The molecule has 1 aliphatic rings. The second-order valence-corrected chi connectivity index (χ2v) is 3.72. The number of dihydropyridines is 1. The summed E-state index contributed by atoms with van der Waals surface area (Å²) < 4.78 is 0. The summed E-state index contributed by atoms with van der Waals surface area (Å²) in [6, 6.07) is 0. The zero-order valence-electron chi connectivity index (χ0n) is 6.65. The molecule has 14 heavy (non-hydrogen) atoms. The fraction of sp³-hybridized carbons (Fsp3) is 0.286. The lowest BCUT2D eigenvalue weighted by atomic mass is 9.96. The van der Waals surface area contributed by atoms with E-state index in [-0.39, 0.29) is 0 Å². The van der Waals surface area contributed by atoms with Crippen molar-refractivity contribution in [1.82, 2.24) is 0 Å². The van der Waals surface area contributed by atoms with Crippen molar-refractivity contribution in [3.8, 4) is 0 Å². The van der Waals surface area contributed by atoms with E-state index in [0.717, 1.165) is 12.3 Å². The molecule has 1 heterocycles. The second kappa shape index (κ2) is 3.25. The standard InChI is InChI=1S/C7H5Cl2NO4/c8-6(4(11)12)2-1-3-10-7(6,9)5(13)14/h1-3H,(H,11,12)(H,13,14). The molecule has 0 radical (unpaired) electrons. The maximum Gasteiger partial charge on any atom is 0.350 e. The van der Waals surface area contributed by atoms with Gasteiger partial charge in [-0.3, -0.25) is 4.99 Å². The van der Waals surface area contributed by atoms with E-state index >= 15 is 0 Å². The van der Waals surface area contributed by atoms with Gasteiger partial charge >= 0.3 is 11.9 Å². The first-order valence-electron chi connectivity index (χ1n) is 3.42. The largest absolute Gasteiger partial charge is 0.480 e. The Hall–Kier alpha value is -1.07. The Labute approximate surface area is 88.6 Å². The van der Waals surface area contributed by atoms with Gasteiger partial charge in [0, 0.05) is 6.21 Å². The number of carboxylic acid groups (broad SMARTS) is 2. The highest BCUT2D eigenvalue weighted by atomic mass is 35.5. The van der Waals surface area contributed by atoms with E-state index in [1.165, 1.54) is 6.08 Å². The summed E-state index contributed by atoms with van der Waals surface area (Å²) in [7, 11) is 0. The van der Waals surface area contributed by atoms with Crippen molar-refractivity contribution in [2.24, 2.45) is 4.99 Å². The lowest BCUT2D eigenvalue weighted by molar-refractivity contribution is -0.148. The van der Waals surface area contributed by atoms with Crippen LogP contribution in [0.4, 0.5) is 0 Å². The molecule has 2 N–H and O–H groups in total. The number of hydrogen-bond donors (Lipinski definition) is 2. The van der Waals surface area contributed by atoms with Crippen LogP contribution in [0.1, 0.15) is 0 Å². The molecular weight excluding hydrogens is 233 g/mol. The first-order valence-corrected chi connectivity index (χ1v) is 4.18. The van der Waals surface area contributed by atoms with Gasteiger partial charge in [-0.15, -0.1) is 0 Å². The fourth-order valence-corrected chi connectivity index (χ4v) is 1.35. The molecule has 5 nitrogen and oxygen atoms in total. The highest BCUT2D eigenvalue weighted by molar-refractivity contribution is 6.49. The van der Waals surface area contributed by atoms with Crippen molar-refractivity contribution in [1.29, 1.82) is 0 Å². The normalized spacial score (nSPS) is 35.6. The van der Waals surface area contributed by atoms with E-state index in [4.69, 9.17) is 33.4 Å². The predicted octanol–water partition coefficient (Wildman–Crippen LogP) is 0.709. The molecule has 0 aromatic heterocycles. The number of aliphatic imine (C=N–C) groups is 1. The van der Waals surface area contributed by atoms with E-state index in [9.17, 15) is 9.59 Å². The minimum absolute atomic E-state index is 0.977. The van der Waals surface area contributed by atoms with Gasteiger partial charge in [0.05, 0.1) is 0 Å². The van der Waals surface area contributed by atoms with Crippen molar-refractivity contribution >= 4 is 41.4 Å². The molecule has 0 amide bonds. The van der Waals surface area contributed by atoms with Crippen LogP contribution in [0.2, 0.25) is 0 Å². The van der Waals surface area contributed by atoms with Gasteiger partial charge in [-0.1, -0.05) is 23.2 Å². The maximum absolute atomic E-state index is 10.8. The third-order valence-corrected chi connectivity index (χ3v) is 2.96. The number of allylic oxidation sites excluding steroid dienone is 1. The molecule has 2 unspecified atom stereocenters. The van der Waals surface area contributed by atoms with Crippen LogP contribution >= 0.6 is 23.2 Å². The van der Waals surface area contributed by atoms with Crippen molar-refractivity contribution < 1.29 is 19.8 Å². The van der Waals surface area contributed by atoms with Crippen LogP contribution in [0.15, 0.2) is 17.1 Å². The number of carbonyl (C=O) groups is 2. The van der Waals surface area contributed by atoms with E-state index < -0.39 is 21.8 Å². The van der Waals surface area contributed by atoms with Gasteiger partial charge in [-0.25, -0.2) is 9.59 Å². The van der Waals surface area contributed by atoms with E-state index in [2.05, 4.69) is 4.99 Å². The Balaban J connectivity index is 3.30. The average Bonchev–Trinajstić information content (AvgIpc) is 2.09. The van der Waals surface area contributed by atoms with Gasteiger partial charge in [0.15, 0.2) is 0 Å². The van der Waals surface area contributed by atoms with Crippen molar-refractivity contribution in [3.63, 3.8) is 0 Å². The summed E-state index contributed by atoms with van der Waals surface area (Å²) >= 11 is 11.2. The van der Waals surface area contributed by atoms with Crippen LogP contribution in [0.25, 0.3) is 0 Å². The maximum atomic E-state index is 10.8. The number of nitrogens with zero attached hydrogens (tertiary/aromatic N) is 1. The number of halogens is 2. The molecule has 0 aromatic rings. The van der Waals surface area contributed by atoms with Gasteiger partial charge in [0.2, 0.25) is 4.87 Å². The highest BCUT2D eigenvalue weighted by Crippen LogP contribution is 2.40. The summed E-state index contributed by atoms with van der Waals surface area (Å²) in [5.41, 5.74) is 0. The molecular formula is C7H5Cl2NO4. The van der Waals surface area contributed by atoms with Crippen molar-refractivity contribution in [3.05, 3.63) is 12.2 Å². The predicted molar refractivity (Wildman–Crippen MR) is 50.1 cm³/mol. The molecule has 0 saturated heterocycles. The van der Waals surface area contributed by atoms with Gasteiger partial charge < -0.3 is 10.2 Å². The molecule has 0 saturated carbocycles. The van der Waals surface area contributed by atoms with Gasteiger partial charge in [0.25, 0.3) is 5.00 Å². The Morgan fingerprint density at radius 3 is 2.14 bits per heavy atom. The quantitative estimate of drug-likeness (QED) is 0.547. The van der Waals surface area contributed by atoms with E-state index in [1.54, 1.807) is 0 Å². The van der Waals surface area contributed by atoms with E-state index in [0.29, 0.717) is 0 Å². The van der Waals surface area contributed by atoms with Crippen LogP contribution in [0.5, 0.6) is 0 Å². The summed E-state index contributed by atoms with van der Waals surface area (Å²) in [4.78, 5) is 20.3. The number of rotatable bonds is 2. The summed E-state index contributed by atoms with van der Waals surface area (Å²) in [5, 5.41) is 17.5. The first-order chi connectivity index (χ1) is 6.34. The summed E-state index contributed by atoms with van der Waals surface area (Å²) in [5.74, 6) is -3.18. The van der Waals surface area contributed by atoms with Crippen molar-refractivity contribution in [2.75, 3.05) is 0 Å². The Bertz CT molecular complexity index is 320. The van der Waals surface area contributed by atoms with Crippen LogP contribution < -0.4 is 0 Å². The third kappa shape index (κ3) is 1.29. The minimum Gasteiger partial charge on any atom is -0.480 e. The van der Waals surface area contributed by atoms with Crippen LogP contribution in [-0.2, 0) is 9.59 Å². The van der Waals surface area contributed by atoms with Gasteiger partial charge in [-0.05, 0) is 12.2 Å². The highest BCUT2D eigenvalue weighted by Gasteiger charge is 2.60. The Morgan fingerprint density at radius 1 is 1.21 bits per heavy atom. The third-order valence-electron chi connectivity index (χ3n) is 1.74. The lowest BCUT2D eigenvalue weighted by Crippen LogP contribution is -2.55. The zero-order chi connectivity index (χ0) is 11.0. The Morgan fingerprint density at radius 2 is 1.79 bits per heavy atom. The minimum atomic E-state index is -2.41. The second-order valence-electron chi connectivity index (χ2n) is 2.58. The monoisotopic (exact) mass is 237 g/mol. The number of aliphatic carboxylic acids is 2. The van der Waals surface area contributed by atoms with E-state index in [1.807, 2.05) is 0 Å². The number of alkyl halides is 2. The molecule has 2 atom stereocenters. The molecule has 1 aliphatic heterocycles. The SMILES string of the molecule is O=C(O)C1(Cl)C=CC=NC1(Cl)C(=O)O. The number of carboxylic acids is 2. The molecule has 0 aliphatic carbocycles. The van der Waals surface area contributed by atoms with Crippen LogP contribution in [0, 0.1) is 0 Å². The Kier molecular flexibility index (Phi) is 2.56. The van der Waals surface area contributed by atoms with Crippen LogP contribution in [-0.4, -0.2) is 38.2 Å². The molecule has 0 spiro atoms. The summed E-state index contributed by atoms with van der Waals surface area (Å²) in [6.45, 7) is 0. The van der Waals surface area contributed by atoms with Crippen molar-refractivity contribution in [2.45, 2.75) is 9.87 Å². The molecule has 76 valence electrons. The number of hydrogen-bond acceptors (Lipinski definition) is 3. The van der Waals surface area contributed by atoms with Crippen LogP contribution in [0.3, 0.4) is 0 Å². The molecule has 7 heteroatoms. The zero-order valence-corrected chi connectivity index (χ0v) is 8.16. The first kappa shape index (κ1) is 11.0. The molecule has 1 rings (SSSR count). The molecule has 0 bridgehead atoms. The molecule has 0 aromatic carbocycles. The lowest BCUT2D eigenvalue weighted by Gasteiger charge is -2.31. The average molecular weight is 238 g/mol. The van der Waals surface area contributed by atoms with Gasteiger partial charge in [0.1, 0.15) is 0 Å². The van der Waals surface area contributed by atoms with Gasteiger partial charge in [-0.2, -0.15) is 0 Å². The summed E-state index contributed by atoms with van der Waals surface area (Å²) in [6.07, 6.45) is 3.29. The molecule has 0 fully saturated rings. The topological polar surface area (TPSA) is 87.0 Å². The fourth-order valence-electron chi connectivity index (χ4n) is 0.950.